The fourth-order valence-corrected chi connectivity index (χ4v) is 3.42. The van der Waals surface area contributed by atoms with E-state index in [2.05, 4.69) is 38.6 Å². The predicted octanol–water partition coefficient (Wildman–Crippen LogP) is 6.84. The molecule has 2 heteroatoms. The molecule has 0 aromatic heterocycles. The number of unbranched alkanes of at least 4 members (excludes halogenated alkanes) is 2. The maximum atomic E-state index is 5.71. The van der Waals surface area contributed by atoms with Crippen LogP contribution in [0.3, 0.4) is 0 Å². The number of allylic oxidation sites excluding steroid dienone is 3. The van der Waals surface area contributed by atoms with Crippen LogP contribution in [0.4, 0.5) is 0 Å². The molecule has 0 amide bonds. The van der Waals surface area contributed by atoms with Gasteiger partial charge in [-0.05, 0) is 63.6 Å². The van der Waals surface area contributed by atoms with E-state index in [4.69, 9.17) is 9.47 Å². The van der Waals surface area contributed by atoms with Crippen LogP contribution < -0.4 is 9.47 Å². The number of aryl methyl sites for hydroxylation is 1. The van der Waals surface area contributed by atoms with E-state index in [0.717, 1.165) is 17.9 Å². The predicted molar refractivity (Wildman–Crippen MR) is 109 cm³/mol. The Balaban J connectivity index is 0.000000970. The summed E-state index contributed by atoms with van der Waals surface area (Å²) >= 11 is 0. The van der Waals surface area contributed by atoms with E-state index in [1.165, 1.54) is 55.2 Å². The molecule has 1 aromatic rings. The lowest BCUT2D eigenvalue weighted by Crippen LogP contribution is -2.07. The molecule has 0 saturated heterocycles. The Labute approximate surface area is 154 Å². The molecule has 25 heavy (non-hydrogen) atoms. The van der Waals surface area contributed by atoms with E-state index in [-0.39, 0.29) is 0 Å². The van der Waals surface area contributed by atoms with Gasteiger partial charge < -0.3 is 9.47 Å². The van der Waals surface area contributed by atoms with Crippen molar-refractivity contribution < 1.29 is 9.47 Å². The van der Waals surface area contributed by atoms with Crippen LogP contribution in [0.5, 0.6) is 11.5 Å². The van der Waals surface area contributed by atoms with Gasteiger partial charge in [-0.15, -0.1) is 6.58 Å². The molecule has 0 radical (unpaired) electrons. The molecule has 140 valence electrons. The summed E-state index contributed by atoms with van der Waals surface area (Å²) in [4.78, 5) is 0. The van der Waals surface area contributed by atoms with Crippen LogP contribution in [-0.2, 0) is 6.42 Å². The number of methoxy groups -OCH3 is 2. The highest BCUT2D eigenvalue weighted by molar-refractivity contribution is 5.52. The highest BCUT2D eigenvalue weighted by Crippen LogP contribution is 2.42. The molecule has 1 aromatic carbocycles. The number of ether oxygens (including phenoxy) is 2. The summed E-state index contributed by atoms with van der Waals surface area (Å²) in [5.41, 5.74) is 4.03. The number of benzene rings is 1. The molecule has 0 heterocycles. The molecule has 2 nitrogen and oxygen atoms in total. The quantitative estimate of drug-likeness (QED) is 0.398. The lowest BCUT2D eigenvalue weighted by atomic mass is 9.84. The normalized spacial score (nSPS) is 16.4. The molecule has 0 spiro atoms. The topological polar surface area (TPSA) is 18.5 Å². The van der Waals surface area contributed by atoms with E-state index in [9.17, 15) is 0 Å². The van der Waals surface area contributed by atoms with Gasteiger partial charge in [0.05, 0.1) is 14.2 Å². The molecule has 1 unspecified atom stereocenters. The van der Waals surface area contributed by atoms with Crippen LogP contribution in [0.2, 0.25) is 0 Å². The van der Waals surface area contributed by atoms with Crippen LogP contribution in [0.1, 0.15) is 76.3 Å². The molecule has 0 bridgehead atoms. The highest BCUT2D eigenvalue weighted by atomic mass is 16.5. The maximum Gasteiger partial charge on any atom is 0.126 e. The maximum absolute atomic E-state index is 5.71. The average Bonchev–Trinajstić information content (AvgIpc) is 2.61. The first-order valence-electron chi connectivity index (χ1n) is 9.60. The molecular formula is C23H36O2. The summed E-state index contributed by atoms with van der Waals surface area (Å²) in [5.74, 6) is 2.40. The zero-order valence-corrected chi connectivity index (χ0v) is 16.9. The third kappa shape index (κ3) is 6.61. The molecule has 0 aliphatic heterocycles. The summed E-state index contributed by atoms with van der Waals surface area (Å²) in [6.45, 7) is 9.71. The van der Waals surface area contributed by atoms with E-state index in [1.54, 1.807) is 20.3 Å². The van der Waals surface area contributed by atoms with Crippen molar-refractivity contribution in [2.24, 2.45) is 0 Å². The fraction of sp³-hybridized carbons (Fsp3) is 0.565. The van der Waals surface area contributed by atoms with E-state index < -0.39 is 0 Å². The zero-order chi connectivity index (χ0) is 18.7. The van der Waals surface area contributed by atoms with Gasteiger partial charge in [0.25, 0.3) is 0 Å². The molecular weight excluding hydrogens is 308 g/mol. The van der Waals surface area contributed by atoms with Gasteiger partial charge in [0.15, 0.2) is 0 Å². The van der Waals surface area contributed by atoms with Crippen molar-refractivity contribution >= 4 is 0 Å². The Morgan fingerprint density at radius 3 is 2.24 bits per heavy atom. The Morgan fingerprint density at radius 1 is 1.16 bits per heavy atom. The second-order valence-corrected chi connectivity index (χ2v) is 6.79. The van der Waals surface area contributed by atoms with Crippen molar-refractivity contribution in [2.75, 3.05) is 14.2 Å². The van der Waals surface area contributed by atoms with Crippen molar-refractivity contribution in [1.82, 2.24) is 0 Å². The van der Waals surface area contributed by atoms with Gasteiger partial charge in [-0.3, -0.25) is 0 Å². The van der Waals surface area contributed by atoms with Crippen molar-refractivity contribution in [2.45, 2.75) is 71.6 Å². The standard InChI is InChI=1S/C20H30O2.C3H6/c1-5-6-7-10-16-13-18(21-3)20(19(14-16)22-4)17-11-8-9-15(2)12-17;1-3-2/h12-14,17H,5-11H2,1-4H3;3H,1H2,2H3. The van der Waals surface area contributed by atoms with Gasteiger partial charge in [-0.1, -0.05) is 37.5 Å². The van der Waals surface area contributed by atoms with Gasteiger partial charge in [0, 0.05) is 11.5 Å². The highest BCUT2D eigenvalue weighted by Gasteiger charge is 2.22. The van der Waals surface area contributed by atoms with Crippen LogP contribution in [-0.4, -0.2) is 14.2 Å². The lowest BCUT2D eigenvalue weighted by Gasteiger charge is -2.24. The number of rotatable bonds is 7. The minimum Gasteiger partial charge on any atom is -0.496 e. The van der Waals surface area contributed by atoms with Gasteiger partial charge in [0.2, 0.25) is 0 Å². The zero-order valence-electron chi connectivity index (χ0n) is 16.9. The van der Waals surface area contributed by atoms with Crippen LogP contribution in [0, 0.1) is 0 Å². The average molecular weight is 345 g/mol. The van der Waals surface area contributed by atoms with Crippen LogP contribution in [0.15, 0.2) is 36.4 Å². The van der Waals surface area contributed by atoms with Crippen molar-refractivity contribution in [3.05, 3.63) is 47.6 Å². The molecule has 1 aliphatic rings. The summed E-state index contributed by atoms with van der Waals surface area (Å²) in [6.07, 6.45) is 12.6. The van der Waals surface area contributed by atoms with Crippen LogP contribution >= 0.6 is 0 Å². The summed E-state index contributed by atoms with van der Waals surface area (Å²) in [6, 6.07) is 4.43. The minimum absolute atomic E-state index is 0.420. The minimum atomic E-state index is 0.420. The van der Waals surface area contributed by atoms with Crippen molar-refractivity contribution in [1.29, 1.82) is 0 Å². The Bertz CT molecular complexity index is 532. The molecule has 0 saturated carbocycles. The van der Waals surface area contributed by atoms with E-state index in [0.29, 0.717) is 5.92 Å². The summed E-state index contributed by atoms with van der Waals surface area (Å²) < 4.78 is 11.4. The van der Waals surface area contributed by atoms with E-state index in [1.807, 2.05) is 6.92 Å². The largest absolute Gasteiger partial charge is 0.496 e. The van der Waals surface area contributed by atoms with E-state index >= 15 is 0 Å². The van der Waals surface area contributed by atoms with Gasteiger partial charge in [0.1, 0.15) is 11.5 Å². The molecule has 2 rings (SSSR count). The third-order valence-electron chi connectivity index (χ3n) is 4.62. The second kappa shape index (κ2) is 11.8. The Morgan fingerprint density at radius 2 is 1.76 bits per heavy atom. The second-order valence-electron chi connectivity index (χ2n) is 6.79. The van der Waals surface area contributed by atoms with Gasteiger partial charge in [-0.25, -0.2) is 0 Å². The molecule has 1 atom stereocenters. The Kier molecular flexibility index (Phi) is 10.1. The van der Waals surface area contributed by atoms with Gasteiger partial charge in [-0.2, -0.15) is 0 Å². The number of hydrogen-bond donors (Lipinski definition) is 0. The first-order valence-corrected chi connectivity index (χ1v) is 9.60. The Hall–Kier alpha value is -1.70. The monoisotopic (exact) mass is 344 g/mol. The smallest absolute Gasteiger partial charge is 0.126 e. The van der Waals surface area contributed by atoms with Gasteiger partial charge >= 0.3 is 0 Å². The molecule has 0 fully saturated rings. The summed E-state index contributed by atoms with van der Waals surface area (Å²) in [7, 11) is 3.54. The summed E-state index contributed by atoms with van der Waals surface area (Å²) in [5, 5.41) is 0. The molecule has 1 aliphatic carbocycles. The number of hydrogen-bond acceptors (Lipinski definition) is 2. The van der Waals surface area contributed by atoms with Crippen molar-refractivity contribution in [3.63, 3.8) is 0 Å². The lowest BCUT2D eigenvalue weighted by molar-refractivity contribution is 0.378. The first kappa shape index (κ1) is 21.3. The SMILES string of the molecule is C=CC.CCCCCc1cc(OC)c(C2C=C(C)CCC2)c(OC)c1. The fourth-order valence-electron chi connectivity index (χ4n) is 3.42. The molecule has 0 N–H and O–H groups in total. The third-order valence-corrected chi connectivity index (χ3v) is 4.62. The van der Waals surface area contributed by atoms with Crippen molar-refractivity contribution in [3.8, 4) is 11.5 Å². The first-order chi connectivity index (χ1) is 12.1. The van der Waals surface area contributed by atoms with Crippen LogP contribution in [0.25, 0.3) is 0 Å².